The Labute approximate surface area is 159 Å². The fourth-order valence-electron chi connectivity index (χ4n) is 3.80. The van der Waals surface area contributed by atoms with Crippen LogP contribution in [0.4, 0.5) is 4.39 Å². The molecule has 0 bridgehead atoms. The third-order valence-electron chi connectivity index (χ3n) is 5.26. The molecule has 2 heterocycles. The van der Waals surface area contributed by atoms with Crippen LogP contribution in [0.15, 0.2) is 18.2 Å². The topological polar surface area (TPSA) is 76.2 Å². The van der Waals surface area contributed by atoms with Gasteiger partial charge in [-0.25, -0.2) is 12.8 Å². The summed E-state index contributed by atoms with van der Waals surface area (Å²) in [6.45, 7) is 3.53. The van der Waals surface area contributed by atoms with Gasteiger partial charge in [-0.15, -0.1) is 0 Å². The highest BCUT2D eigenvalue weighted by Crippen LogP contribution is 2.28. The molecule has 9 heteroatoms. The molecule has 0 unspecified atom stereocenters. The van der Waals surface area contributed by atoms with Gasteiger partial charge in [-0.3, -0.25) is 4.79 Å². The van der Waals surface area contributed by atoms with E-state index in [4.69, 9.17) is 9.47 Å². The molecule has 0 spiro atoms. The first-order valence-electron chi connectivity index (χ1n) is 9.07. The minimum absolute atomic E-state index is 0.0456. The molecule has 1 aromatic carbocycles. The second kappa shape index (κ2) is 8.12. The van der Waals surface area contributed by atoms with Crippen LogP contribution >= 0.6 is 0 Å². The zero-order chi connectivity index (χ0) is 19.6. The van der Waals surface area contributed by atoms with E-state index in [1.807, 2.05) is 0 Å². The number of rotatable bonds is 4. The molecule has 2 saturated heterocycles. The maximum absolute atomic E-state index is 13.9. The monoisotopic (exact) mass is 400 g/mol. The van der Waals surface area contributed by atoms with Gasteiger partial charge in [0.25, 0.3) is 5.91 Å². The lowest BCUT2D eigenvalue weighted by molar-refractivity contribution is 0.0466. The van der Waals surface area contributed by atoms with Gasteiger partial charge in [0, 0.05) is 37.2 Å². The highest BCUT2D eigenvalue weighted by atomic mass is 32.2. The molecule has 7 nitrogen and oxygen atoms in total. The van der Waals surface area contributed by atoms with E-state index in [1.54, 1.807) is 16.1 Å². The van der Waals surface area contributed by atoms with Gasteiger partial charge in [-0.05, 0) is 31.5 Å². The number of amides is 1. The molecule has 2 aliphatic heterocycles. The summed E-state index contributed by atoms with van der Waals surface area (Å²) in [4.78, 5) is 14.4. The molecule has 0 aliphatic carbocycles. The van der Waals surface area contributed by atoms with Gasteiger partial charge in [0.05, 0.1) is 26.1 Å². The fraction of sp³-hybridized carbons (Fsp3) is 0.611. The number of likely N-dealkylation sites (tertiary alicyclic amines) is 1. The molecular formula is C18H25FN2O5S. The van der Waals surface area contributed by atoms with Crippen LogP contribution in [-0.2, 0) is 14.8 Å². The Morgan fingerprint density at radius 3 is 2.81 bits per heavy atom. The molecule has 150 valence electrons. The van der Waals surface area contributed by atoms with Crippen LogP contribution in [0.2, 0.25) is 0 Å². The second-order valence-corrected chi connectivity index (χ2v) is 9.01. The second-order valence-electron chi connectivity index (χ2n) is 6.80. The van der Waals surface area contributed by atoms with E-state index in [0.29, 0.717) is 39.3 Å². The van der Waals surface area contributed by atoms with E-state index in [0.717, 1.165) is 0 Å². The fourth-order valence-corrected chi connectivity index (χ4v) is 5.17. The summed E-state index contributed by atoms with van der Waals surface area (Å²) in [5, 5.41) is 0. The zero-order valence-corrected chi connectivity index (χ0v) is 16.4. The quantitative estimate of drug-likeness (QED) is 0.763. The van der Waals surface area contributed by atoms with E-state index >= 15 is 0 Å². The Morgan fingerprint density at radius 2 is 2.15 bits per heavy atom. The predicted octanol–water partition coefficient (Wildman–Crippen LogP) is 1.35. The molecule has 0 radical (unpaired) electrons. The molecule has 3 rings (SSSR count). The first kappa shape index (κ1) is 20.0. The molecule has 27 heavy (non-hydrogen) atoms. The lowest BCUT2D eigenvalue weighted by Gasteiger charge is -2.41. The van der Waals surface area contributed by atoms with E-state index in [9.17, 15) is 17.6 Å². The number of methoxy groups -OCH3 is 1. The van der Waals surface area contributed by atoms with E-state index < -0.39 is 15.8 Å². The highest BCUT2D eigenvalue weighted by molar-refractivity contribution is 7.89. The Hall–Kier alpha value is -1.71. The summed E-state index contributed by atoms with van der Waals surface area (Å²) in [7, 11) is -1.96. The Morgan fingerprint density at radius 1 is 1.37 bits per heavy atom. The minimum atomic E-state index is -3.33. The van der Waals surface area contributed by atoms with Gasteiger partial charge >= 0.3 is 0 Å². The SMILES string of the molecule is CCS(=O)(=O)N1CCOC[C@H]2CN(C(=O)c3ccc(OC)c(F)c3)CC[C@H]21. The molecule has 1 amide bonds. The van der Waals surface area contributed by atoms with Crippen molar-refractivity contribution in [2.45, 2.75) is 19.4 Å². The Kier molecular flexibility index (Phi) is 6.02. The standard InChI is InChI=1S/C18H25FN2O5S/c1-3-27(23,24)21-8-9-26-12-14-11-20(7-6-16(14)21)18(22)13-4-5-17(25-2)15(19)10-13/h4-5,10,14,16H,3,6-9,11-12H2,1-2H3/t14-,16-/m1/s1. The molecule has 0 N–H and O–H groups in total. The maximum atomic E-state index is 13.9. The molecule has 0 aromatic heterocycles. The van der Waals surface area contributed by atoms with Crippen molar-refractivity contribution in [2.75, 3.05) is 45.7 Å². The van der Waals surface area contributed by atoms with Crippen molar-refractivity contribution in [3.05, 3.63) is 29.6 Å². The summed E-state index contributed by atoms with van der Waals surface area (Å²) in [6, 6.07) is 3.96. The normalized spacial score (nSPS) is 24.2. The van der Waals surface area contributed by atoms with Crippen molar-refractivity contribution in [1.82, 2.24) is 9.21 Å². The van der Waals surface area contributed by atoms with Gasteiger partial charge in [-0.2, -0.15) is 4.31 Å². The maximum Gasteiger partial charge on any atom is 0.253 e. The number of fused-ring (bicyclic) bond motifs is 1. The van der Waals surface area contributed by atoms with Crippen molar-refractivity contribution >= 4 is 15.9 Å². The highest BCUT2D eigenvalue weighted by Gasteiger charge is 2.40. The third kappa shape index (κ3) is 4.09. The molecule has 2 atom stereocenters. The van der Waals surface area contributed by atoms with Crippen molar-refractivity contribution in [1.29, 1.82) is 0 Å². The number of hydrogen-bond acceptors (Lipinski definition) is 5. The molecule has 2 fully saturated rings. The minimum Gasteiger partial charge on any atom is -0.494 e. The summed E-state index contributed by atoms with van der Waals surface area (Å²) < 4.78 is 50.8. The number of halogens is 1. The molecular weight excluding hydrogens is 375 g/mol. The Balaban J connectivity index is 1.77. The van der Waals surface area contributed by atoms with Gasteiger partial charge in [0.15, 0.2) is 11.6 Å². The molecule has 0 saturated carbocycles. The number of ether oxygens (including phenoxy) is 2. The number of hydrogen-bond donors (Lipinski definition) is 0. The zero-order valence-electron chi connectivity index (χ0n) is 15.6. The van der Waals surface area contributed by atoms with Gasteiger partial charge in [0.2, 0.25) is 10.0 Å². The van der Waals surface area contributed by atoms with E-state index in [2.05, 4.69) is 0 Å². The van der Waals surface area contributed by atoms with Crippen LogP contribution in [0.3, 0.4) is 0 Å². The van der Waals surface area contributed by atoms with E-state index in [-0.39, 0.29) is 34.9 Å². The number of nitrogens with zero attached hydrogens (tertiary/aromatic N) is 2. The van der Waals surface area contributed by atoms with Crippen molar-refractivity contribution in [3.63, 3.8) is 0 Å². The van der Waals surface area contributed by atoms with Crippen molar-refractivity contribution in [3.8, 4) is 5.75 Å². The van der Waals surface area contributed by atoms with Crippen LogP contribution in [-0.4, -0.2) is 75.3 Å². The first-order valence-corrected chi connectivity index (χ1v) is 10.7. The smallest absolute Gasteiger partial charge is 0.253 e. The predicted molar refractivity (Wildman–Crippen MR) is 97.7 cm³/mol. The van der Waals surface area contributed by atoms with Crippen LogP contribution in [0.5, 0.6) is 5.75 Å². The van der Waals surface area contributed by atoms with Crippen LogP contribution in [0.25, 0.3) is 0 Å². The average molecular weight is 400 g/mol. The average Bonchev–Trinajstić information content (AvgIpc) is 2.89. The summed E-state index contributed by atoms with van der Waals surface area (Å²) in [5.41, 5.74) is 0.249. The molecule has 2 aliphatic rings. The van der Waals surface area contributed by atoms with Crippen molar-refractivity contribution < 1.29 is 27.1 Å². The third-order valence-corrected chi connectivity index (χ3v) is 7.16. The Bertz CT molecular complexity index is 801. The van der Waals surface area contributed by atoms with Crippen molar-refractivity contribution in [2.24, 2.45) is 5.92 Å². The lowest BCUT2D eigenvalue weighted by atomic mass is 9.92. The summed E-state index contributed by atoms with van der Waals surface area (Å²) >= 11 is 0. The van der Waals surface area contributed by atoms with E-state index in [1.165, 1.54) is 25.3 Å². The number of carbonyl (C=O) groups excluding carboxylic acids is 1. The van der Waals surface area contributed by atoms with Crippen LogP contribution < -0.4 is 4.74 Å². The number of benzene rings is 1. The molecule has 1 aromatic rings. The lowest BCUT2D eigenvalue weighted by Crippen LogP contribution is -2.54. The van der Waals surface area contributed by atoms with Crippen LogP contribution in [0.1, 0.15) is 23.7 Å². The van der Waals surface area contributed by atoms with Crippen LogP contribution in [0, 0.1) is 11.7 Å². The summed E-state index contributed by atoms with van der Waals surface area (Å²) in [6.07, 6.45) is 0.539. The number of carbonyl (C=O) groups is 1. The summed E-state index contributed by atoms with van der Waals surface area (Å²) in [5.74, 6) is -0.831. The van der Waals surface area contributed by atoms with Gasteiger partial charge < -0.3 is 14.4 Å². The van der Waals surface area contributed by atoms with Gasteiger partial charge in [-0.1, -0.05) is 0 Å². The van der Waals surface area contributed by atoms with Gasteiger partial charge in [0.1, 0.15) is 0 Å². The first-order chi connectivity index (χ1) is 12.9. The number of sulfonamides is 1. The largest absolute Gasteiger partial charge is 0.494 e. The number of piperidine rings is 1.